The van der Waals surface area contributed by atoms with Gasteiger partial charge in [-0.05, 0) is 48.7 Å². The number of rotatable bonds is 6. The van der Waals surface area contributed by atoms with Crippen LogP contribution < -0.4 is 10.6 Å². The van der Waals surface area contributed by atoms with E-state index in [-0.39, 0.29) is 18.5 Å². The van der Waals surface area contributed by atoms with Crippen LogP contribution >= 0.6 is 0 Å². The van der Waals surface area contributed by atoms with Crippen molar-refractivity contribution in [1.82, 2.24) is 25.0 Å². The number of hydrogen-bond donors (Lipinski definition) is 2. The Kier molecular flexibility index (Phi) is 6.23. The van der Waals surface area contributed by atoms with Crippen LogP contribution in [0.15, 0.2) is 55.0 Å². The first-order valence-corrected chi connectivity index (χ1v) is 9.23. The predicted octanol–water partition coefficient (Wildman–Crippen LogP) is 2.66. The van der Waals surface area contributed by atoms with Crippen molar-refractivity contribution in [3.8, 4) is 5.82 Å². The van der Waals surface area contributed by atoms with Crippen molar-refractivity contribution in [1.29, 1.82) is 0 Å². The molecular weight excluding hydrogens is 368 g/mol. The molecule has 150 valence electrons. The van der Waals surface area contributed by atoms with E-state index in [9.17, 15) is 9.59 Å². The minimum Gasteiger partial charge on any atom is -0.334 e. The summed E-state index contributed by atoms with van der Waals surface area (Å²) >= 11 is 0. The van der Waals surface area contributed by atoms with Gasteiger partial charge in [-0.1, -0.05) is 18.2 Å². The SMILES string of the molecule is Cc1ccc(C)c(NC(=O)CN(C)C(=O)NCc2ccc(-n3cccn3)nc2)c1. The molecule has 2 heterocycles. The largest absolute Gasteiger partial charge is 0.334 e. The van der Waals surface area contributed by atoms with Crippen molar-refractivity contribution in [2.75, 3.05) is 18.9 Å². The second-order valence-electron chi connectivity index (χ2n) is 6.86. The molecule has 2 aromatic heterocycles. The zero-order valence-corrected chi connectivity index (χ0v) is 16.7. The fraction of sp³-hybridized carbons (Fsp3) is 0.238. The van der Waals surface area contributed by atoms with Gasteiger partial charge in [-0.15, -0.1) is 0 Å². The van der Waals surface area contributed by atoms with Gasteiger partial charge in [0.25, 0.3) is 0 Å². The molecule has 0 bridgehead atoms. The molecule has 0 aliphatic rings. The zero-order chi connectivity index (χ0) is 20.8. The van der Waals surface area contributed by atoms with E-state index < -0.39 is 0 Å². The molecule has 8 nitrogen and oxygen atoms in total. The monoisotopic (exact) mass is 392 g/mol. The van der Waals surface area contributed by atoms with E-state index in [0.717, 1.165) is 22.4 Å². The Hall–Kier alpha value is -3.68. The highest BCUT2D eigenvalue weighted by atomic mass is 16.2. The van der Waals surface area contributed by atoms with E-state index in [1.54, 1.807) is 24.1 Å². The van der Waals surface area contributed by atoms with Gasteiger partial charge >= 0.3 is 6.03 Å². The van der Waals surface area contributed by atoms with Gasteiger partial charge in [-0.25, -0.2) is 14.5 Å². The lowest BCUT2D eigenvalue weighted by atomic mass is 10.1. The number of carbonyl (C=O) groups is 2. The number of urea groups is 1. The van der Waals surface area contributed by atoms with Crippen molar-refractivity contribution in [2.24, 2.45) is 0 Å². The first-order chi connectivity index (χ1) is 13.9. The van der Waals surface area contributed by atoms with Gasteiger partial charge < -0.3 is 15.5 Å². The summed E-state index contributed by atoms with van der Waals surface area (Å²) in [5.41, 5.74) is 3.64. The number of carbonyl (C=O) groups excluding carboxylic acids is 2. The lowest BCUT2D eigenvalue weighted by molar-refractivity contribution is -0.116. The second-order valence-corrected chi connectivity index (χ2v) is 6.86. The van der Waals surface area contributed by atoms with E-state index >= 15 is 0 Å². The van der Waals surface area contributed by atoms with Crippen LogP contribution in [0.2, 0.25) is 0 Å². The molecule has 29 heavy (non-hydrogen) atoms. The molecule has 2 N–H and O–H groups in total. The smallest absolute Gasteiger partial charge is 0.317 e. The molecule has 8 heteroatoms. The van der Waals surface area contributed by atoms with Crippen LogP contribution in [0, 0.1) is 13.8 Å². The number of anilines is 1. The summed E-state index contributed by atoms with van der Waals surface area (Å²) in [5.74, 6) is 0.451. The highest BCUT2D eigenvalue weighted by Gasteiger charge is 2.13. The summed E-state index contributed by atoms with van der Waals surface area (Å²) in [5, 5.41) is 9.76. The van der Waals surface area contributed by atoms with E-state index in [2.05, 4.69) is 20.7 Å². The molecule has 0 spiro atoms. The summed E-state index contributed by atoms with van der Waals surface area (Å²) in [6, 6.07) is 11.0. The molecule has 0 atom stereocenters. The van der Waals surface area contributed by atoms with Gasteiger partial charge in [0.1, 0.15) is 6.54 Å². The van der Waals surface area contributed by atoms with Gasteiger partial charge in [0.05, 0.1) is 0 Å². The molecule has 0 aliphatic heterocycles. The molecule has 3 amide bonds. The van der Waals surface area contributed by atoms with Crippen LogP contribution in [-0.2, 0) is 11.3 Å². The zero-order valence-electron chi connectivity index (χ0n) is 16.7. The normalized spacial score (nSPS) is 10.4. The van der Waals surface area contributed by atoms with Crippen molar-refractivity contribution < 1.29 is 9.59 Å². The van der Waals surface area contributed by atoms with Gasteiger partial charge in [-0.3, -0.25) is 4.79 Å². The number of amides is 3. The van der Waals surface area contributed by atoms with Crippen molar-refractivity contribution in [3.63, 3.8) is 0 Å². The van der Waals surface area contributed by atoms with E-state index in [0.29, 0.717) is 12.4 Å². The van der Waals surface area contributed by atoms with Crippen molar-refractivity contribution in [2.45, 2.75) is 20.4 Å². The molecular formula is C21H24N6O2. The van der Waals surface area contributed by atoms with Crippen LogP contribution in [0.3, 0.4) is 0 Å². The van der Waals surface area contributed by atoms with E-state index in [1.165, 1.54) is 4.90 Å². The molecule has 1 aromatic carbocycles. The topological polar surface area (TPSA) is 92.2 Å². The predicted molar refractivity (Wildman–Crippen MR) is 111 cm³/mol. The average molecular weight is 392 g/mol. The standard InChI is InChI=1S/C21H24N6O2/c1-15-5-6-16(2)18(11-15)25-20(28)14-26(3)21(29)23-13-17-7-8-19(22-12-17)27-10-4-9-24-27/h4-12H,13-14H2,1-3H3,(H,23,29)(H,25,28). The van der Waals surface area contributed by atoms with Crippen LogP contribution in [0.5, 0.6) is 0 Å². The number of aromatic nitrogens is 3. The summed E-state index contributed by atoms with van der Waals surface area (Å²) in [7, 11) is 1.58. The Morgan fingerprint density at radius 1 is 1.17 bits per heavy atom. The number of nitrogens with zero attached hydrogens (tertiary/aromatic N) is 4. The number of benzene rings is 1. The Balaban J connectivity index is 1.48. The lowest BCUT2D eigenvalue weighted by Gasteiger charge is -2.18. The summed E-state index contributed by atoms with van der Waals surface area (Å²) < 4.78 is 1.66. The Morgan fingerprint density at radius 2 is 2.00 bits per heavy atom. The van der Waals surface area contributed by atoms with E-state index in [1.807, 2.05) is 56.4 Å². The first kappa shape index (κ1) is 20.1. The fourth-order valence-corrected chi connectivity index (χ4v) is 2.72. The average Bonchev–Trinajstić information content (AvgIpc) is 3.24. The Labute approximate surface area is 169 Å². The van der Waals surface area contributed by atoms with Crippen LogP contribution in [0.1, 0.15) is 16.7 Å². The molecule has 0 fully saturated rings. The minimum absolute atomic E-state index is 0.0459. The number of likely N-dealkylation sites (N-methyl/N-ethyl adjacent to an activating group) is 1. The quantitative estimate of drug-likeness (QED) is 0.675. The van der Waals surface area contributed by atoms with Crippen molar-refractivity contribution in [3.05, 3.63) is 71.7 Å². The Morgan fingerprint density at radius 3 is 2.69 bits per heavy atom. The lowest BCUT2D eigenvalue weighted by Crippen LogP contribution is -2.41. The highest BCUT2D eigenvalue weighted by Crippen LogP contribution is 2.16. The molecule has 0 unspecified atom stereocenters. The third-order valence-corrected chi connectivity index (χ3v) is 4.39. The van der Waals surface area contributed by atoms with Crippen LogP contribution in [-0.4, -0.2) is 45.2 Å². The minimum atomic E-state index is -0.336. The maximum Gasteiger partial charge on any atom is 0.317 e. The molecule has 0 aliphatic carbocycles. The number of pyridine rings is 1. The van der Waals surface area contributed by atoms with Crippen molar-refractivity contribution >= 4 is 17.6 Å². The third-order valence-electron chi connectivity index (χ3n) is 4.39. The molecule has 0 radical (unpaired) electrons. The Bertz CT molecular complexity index is 983. The maximum atomic E-state index is 12.3. The van der Waals surface area contributed by atoms with Gasteiger partial charge in [0.2, 0.25) is 5.91 Å². The molecule has 3 rings (SSSR count). The first-order valence-electron chi connectivity index (χ1n) is 9.23. The van der Waals surface area contributed by atoms with Gasteiger partial charge in [0, 0.05) is 37.9 Å². The van der Waals surface area contributed by atoms with E-state index in [4.69, 9.17) is 0 Å². The van der Waals surface area contributed by atoms with Gasteiger partial charge in [-0.2, -0.15) is 5.10 Å². The van der Waals surface area contributed by atoms with Crippen LogP contribution in [0.4, 0.5) is 10.5 Å². The third kappa shape index (κ3) is 5.41. The van der Waals surface area contributed by atoms with Gasteiger partial charge in [0.15, 0.2) is 5.82 Å². The van der Waals surface area contributed by atoms with Crippen LogP contribution in [0.25, 0.3) is 5.82 Å². The number of hydrogen-bond acceptors (Lipinski definition) is 4. The summed E-state index contributed by atoms with van der Waals surface area (Å²) in [6.45, 7) is 4.16. The number of nitrogens with one attached hydrogen (secondary N) is 2. The maximum absolute atomic E-state index is 12.3. The summed E-state index contributed by atoms with van der Waals surface area (Å²) in [6.07, 6.45) is 5.18. The molecule has 0 saturated carbocycles. The molecule has 3 aromatic rings. The summed E-state index contributed by atoms with van der Waals surface area (Å²) in [4.78, 5) is 30.2. The highest BCUT2D eigenvalue weighted by molar-refractivity contribution is 5.94. The second kappa shape index (κ2) is 9.01. The number of aryl methyl sites for hydroxylation is 2. The fourth-order valence-electron chi connectivity index (χ4n) is 2.72. The molecule has 0 saturated heterocycles.